The lowest BCUT2D eigenvalue weighted by molar-refractivity contribution is 1.36. The van der Waals surface area contributed by atoms with Crippen molar-refractivity contribution >= 4 is 5.71 Å². The molecule has 0 bridgehead atoms. The van der Waals surface area contributed by atoms with Crippen molar-refractivity contribution in [2.45, 2.75) is 55.4 Å². The molecule has 1 heteroatoms. The molecule has 0 aliphatic carbocycles. The third kappa shape index (κ3) is 61.6. The Labute approximate surface area is 97.0 Å². The molecular formula is C14H29N. The lowest BCUT2D eigenvalue weighted by Crippen LogP contribution is -1.74. The van der Waals surface area contributed by atoms with Gasteiger partial charge in [-0.2, -0.15) is 0 Å². The Morgan fingerprint density at radius 2 is 0.867 bits per heavy atom. The van der Waals surface area contributed by atoms with E-state index >= 15 is 0 Å². The lowest BCUT2D eigenvalue weighted by atomic mass is 10.3. The summed E-state index contributed by atoms with van der Waals surface area (Å²) in [6.45, 7) is 16.4. The number of allylic oxidation sites excluding steroid dienone is 4. The number of aliphatic imine (C=N–C) groups is 1. The van der Waals surface area contributed by atoms with Crippen LogP contribution in [0.4, 0.5) is 0 Å². The van der Waals surface area contributed by atoms with Gasteiger partial charge < -0.3 is 0 Å². The van der Waals surface area contributed by atoms with Gasteiger partial charge in [-0.15, -0.1) is 0 Å². The molecule has 0 heterocycles. The van der Waals surface area contributed by atoms with E-state index in [-0.39, 0.29) is 0 Å². The van der Waals surface area contributed by atoms with E-state index in [1.54, 1.807) is 7.05 Å². The van der Waals surface area contributed by atoms with Gasteiger partial charge in [-0.3, -0.25) is 4.99 Å². The highest BCUT2D eigenvalue weighted by atomic mass is 14.7. The van der Waals surface area contributed by atoms with E-state index in [4.69, 9.17) is 0 Å². The van der Waals surface area contributed by atoms with Crippen molar-refractivity contribution in [3.8, 4) is 0 Å². The van der Waals surface area contributed by atoms with Crippen LogP contribution in [0.2, 0.25) is 0 Å². The van der Waals surface area contributed by atoms with Crippen LogP contribution in [-0.4, -0.2) is 12.8 Å². The van der Waals surface area contributed by atoms with Gasteiger partial charge in [-0.25, -0.2) is 0 Å². The fourth-order valence-corrected chi connectivity index (χ4v) is 0. The molecule has 0 saturated carbocycles. The van der Waals surface area contributed by atoms with Crippen LogP contribution < -0.4 is 0 Å². The molecule has 0 rings (SSSR count). The van der Waals surface area contributed by atoms with E-state index in [2.05, 4.69) is 44.8 Å². The maximum atomic E-state index is 3.81. The van der Waals surface area contributed by atoms with Crippen molar-refractivity contribution in [3.05, 3.63) is 23.3 Å². The zero-order valence-electron chi connectivity index (χ0n) is 12.1. The first-order valence-corrected chi connectivity index (χ1v) is 5.40. The van der Waals surface area contributed by atoms with Gasteiger partial charge in [-0.05, 0) is 55.4 Å². The summed E-state index contributed by atoms with van der Waals surface area (Å²) in [5.41, 5.74) is 3.89. The fourth-order valence-electron chi connectivity index (χ4n) is 0. The quantitative estimate of drug-likeness (QED) is 0.393. The Morgan fingerprint density at radius 3 is 0.867 bits per heavy atom. The summed E-state index contributed by atoms with van der Waals surface area (Å²) in [6.07, 6.45) is 4.17. The molecule has 1 nitrogen and oxygen atoms in total. The van der Waals surface area contributed by atoms with Crippen molar-refractivity contribution in [3.63, 3.8) is 0 Å². The van der Waals surface area contributed by atoms with Gasteiger partial charge in [0.25, 0.3) is 0 Å². The Morgan fingerprint density at radius 1 is 0.733 bits per heavy atom. The highest BCUT2D eigenvalue weighted by Crippen LogP contribution is 1.83. The normalized spacial score (nSPS) is 7.00. The van der Waals surface area contributed by atoms with Gasteiger partial charge in [0.05, 0.1) is 0 Å². The standard InChI is InChI=1S/2C5H10.C4H9N/c2*1-4-5(2)3;1-4(2)5-3/h2*4H,1-3H3;1-3H3. The van der Waals surface area contributed by atoms with Gasteiger partial charge in [-0.1, -0.05) is 23.3 Å². The van der Waals surface area contributed by atoms with Crippen molar-refractivity contribution < 1.29 is 0 Å². The maximum absolute atomic E-state index is 3.81. The molecular weight excluding hydrogens is 182 g/mol. The predicted molar refractivity (Wildman–Crippen MR) is 74.9 cm³/mol. The molecule has 0 saturated heterocycles. The predicted octanol–water partition coefficient (Wildman–Crippen LogP) is 5.04. The van der Waals surface area contributed by atoms with Crippen LogP contribution in [0.3, 0.4) is 0 Å². The molecule has 0 aliphatic rings. The molecule has 0 atom stereocenters. The van der Waals surface area contributed by atoms with E-state index in [1.165, 1.54) is 11.1 Å². The number of nitrogens with zero attached hydrogens (tertiary/aromatic N) is 1. The molecule has 0 spiro atoms. The zero-order valence-corrected chi connectivity index (χ0v) is 12.1. The number of hydrogen-bond acceptors (Lipinski definition) is 1. The molecule has 0 fully saturated rings. The second-order valence-corrected chi connectivity index (χ2v) is 3.90. The second kappa shape index (κ2) is 15.6. The minimum absolute atomic E-state index is 1.13. The summed E-state index contributed by atoms with van der Waals surface area (Å²) in [5, 5.41) is 0. The summed E-state index contributed by atoms with van der Waals surface area (Å²) in [5.74, 6) is 0. The molecule has 15 heavy (non-hydrogen) atoms. The van der Waals surface area contributed by atoms with Crippen molar-refractivity contribution in [1.82, 2.24) is 0 Å². The van der Waals surface area contributed by atoms with Crippen LogP contribution in [0.25, 0.3) is 0 Å². The topological polar surface area (TPSA) is 12.4 Å². The molecule has 0 aromatic carbocycles. The number of hydrogen-bond donors (Lipinski definition) is 0. The maximum Gasteiger partial charge on any atom is 0.0276 e. The van der Waals surface area contributed by atoms with Crippen LogP contribution in [0, 0.1) is 0 Å². The van der Waals surface area contributed by atoms with Gasteiger partial charge in [0.2, 0.25) is 0 Å². The molecule has 0 amide bonds. The molecule has 90 valence electrons. The van der Waals surface area contributed by atoms with Gasteiger partial charge in [0.1, 0.15) is 0 Å². The Kier molecular flexibility index (Phi) is 20.5. The lowest BCUT2D eigenvalue weighted by Gasteiger charge is -1.74. The van der Waals surface area contributed by atoms with Gasteiger partial charge in [0, 0.05) is 12.8 Å². The zero-order chi connectivity index (χ0) is 12.9. The van der Waals surface area contributed by atoms with E-state index < -0.39 is 0 Å². The molecule has 0 aromatic rings. The van der Waals surface area contributed by atoms with Gasteiger partial charge in [0.15, 0.2) is 0 Å². The van der Waals surface area contributed by atoms with Crippen LogP contribution in [-0.2, 0) is 0 Å². The third-order valence-corrected chi connectivity index (χ3v) is 1.60. The first-order chi connectivity index (χ1) is 6.81. The largest absolute Gasteiger partial charge is 0.298 e. The summed E-state index contributed by atoms with van der Waals surface area (Å²) in [7, 11) is 1.79. The smallest absolute Gasteiger partial charge is 0.0276 e. The van der Waals surface area contributed by atoms with Crippen molar-refractivity contribution in [1.29, 1.82) is 0 Å². The van der Waals surface area contributed by atoms with Crippen LogP contribution in [0.5, 0.6) is 0 Å². The van der Waals surface area contributed by atoms with E-state index in [1.807, 2.05) is 27.7 Å². The van der Waals surface area contributed by atoms with Crippen molar-refractivity contribution in [2.75, 3.05) is 7.05 Å². The summed E-state index contributed by atoms with van der Waals surface area (Å²) >= 11 is 0. The minimum Gasteiger partial charge on any atom is -0.298 e. The first kappa shape index (κ1) is 19.7. The van der Waals surface area contributed by atoms with Gasteiger partial charge >= 0.3 is 0 Å². The molecule has 0 aromatic heterocycles. The van der Waals surface area contributed by atoms with Crippen LogP contribution in [0.15, 0.2) is 28.3 Å². The SMILES string of the molecule is CC=C(C)C.CC=C(C)C.CN=C(C)C. The van der Waals surface area contributed by atoms with Crippen LogP contribution in [0.1, 0.15) is 55.4 Å². The molecule has 0 radical (unpaired) electrons. The average Bonchev–Trinajstić information content (AvgIpc) is 2.19. The average molecular weight is 211 g/mol. The highest BCUT2D eigenvalue weighted by molar-refractivity contribution is 5.78. The van der Waals surface area contributed by atoms with E-state index in [0.717, 1.165) is 5.71 Å². The van der Waals surface area contributed by atoms with E-state index in [9.17, 15) is 0 Å². The minimum atomic E-state index is 1.13. The van der Waals surface area contributed by atoms with Crippen molar-refractivity contribution in [2.24, 2.45) is 4.99 Å². The number of rotatable bonds is 0. The molecule has 0 unspecified atom stereocenters. The molecule has 0 N–H and O–H groups in total. The Balaban J connectivity index is -0.000000144. The molecule has 0 aliphatic heterocycles. The van der Waals surface area contributed by atoms with Crippen LogP contribution >= 0.6 is 0 Å². The third-order valence-electron chi connectivity index (χ3n) is 1.60. The second-order valence-electron chi connectivity index (χ2n) is 3.90. The Bertz CT molecular complexity index is 157. The first-order valence-electron chi connectivity index (χ1n) is 5.40. The fraction of sp³-hybridized carbons (Fsp3) is 0.643. The summed E-state index contributed by atoms with van der Waals surface area (Å²) < 4.78 is 0. The highest BCUT2D eigenvalue weighted by Gasteiger charge is 1.62. The Hall–Kier alpha value is -0.850. The monoisotopic (exact) mass is 211 g/mol. The van der Waals surface area contributed by atoms with E-state index in [0.29, 0.717) is 0 Å². The summed E-state index contributed by atoms with van der Waals surface area (Å²) in [4.78, 5) is 3.81. The summed E-state index contributed by atoms with van der Waals surface area (Å²) in [6, 6.07) is 0.